The summed E-state index contributed by atoms with van der Waals surface area (Å²) in [6, 6.07) is 3.50. The van der Waals surface area contributed by atoms with Gasteiger partial charge >= 0.3 is 6.03 Å². The van der Waals surface area contributed by atoms with Crippen molar-refractivity contribution in [3.8, 4) is 0 Å². The third-order valence-electron chi connectivity index (χ3n) is 4.87. The Kier molecular flexibility index (Phi) is 4.45. The molecule has 2 heterocycles. The van der Waals surface area contributed by atoms with E-state index >= 15 is 0 Å². The average molecular weight is 335 g/mol. The molecule has 2 atom stereocenters. The van der Waals surface area contributed by atoms with E-state index < -0.39 is 18.0 Å². The number of nitrogens with one attached hydrogen (secondary N) is 1. The van der Waals surface area contributed by atoms with Gasteiger partial charge in [-0.15, -0.1) is 0 Å². The summed E-state index contributed by atoms with van der Waals surface area (Å²) in [5.74, 6) is -0.820. The Hall–Kier alpha value is -2.15. The molecule has 6 nitrogen and oxygen atoms in total. The monoisotopic (exact) mass is 335 g/mol. The second kappa shape index (κ2) is 6.39. The van der Waals surface area contributed by atoms with Crippen molar-refractivity contribution in [1.29, 1.82) is 0 Å². The number of aliphatic hydroxyl groups excluding tert-OH is 1. The fourth-order valence-electron chi connectivity index (χ4n) is 3.22. The van der Waals surface area contributed by atoms with Gasteiger partial charge < -0.3 is 20.2 Å². The largest absolute Gasteiger partial charge is 0.389 e. The number of hydrogen-bond donors (Lipinski definition) is 2. The summed E-state index contributed by atoms with van der Waals surface area (Å²) in [5, 5.41) is 12.2. The van der Waals surface area contributed by atoms with E-state index in [4.69, 9.17) is 0 Å². The third-order valence-corrected chi connectivity index (χ3v) is 4.87. The SMILES string of the molecule is CC[C@H](C)[C@H]1C(=O)Nc2cccc(F)c2CN1C(=O)N1CC(O)C1. The lowest BCUT2D eigenvalue weighted by Crippen LogP contribution is -2.61. The zero-order valence-electron chi connectivity index (χ0n) is 13.8. The standard InChI is InChI=1S/C17H22FN3O3/c1-3-10(2)15-16(23)19-14-6-4-5-13(18)12(14)9-21(15)17(24)20-7-11(22)8-20/h4-6,10-11,15,22H,3,7-9H2,1-2H3,(H,19,23)/t10-,15-/m0/s1. The molecule has 1 fully saturated rings. The zero-order valence-corrected chi connectivity index (χ0v) is 13.8. The summed E-state index contributed by atoms with van der Waals surface area (Å²) in [6.07, 6.45) is 0.185. The quantitative estimate of drug-likeness (QED) is 0.865. The molecule has 0 saturated carbocycles. The minimum absolute atomic E-state index is 0.0290. The van der Waals surface area contributed by atoms with Crippen LogP contribution < -0.4 is 5.32 Å². The van der Waals surface area contributed by atoms with Crippen LogP contribution in [0, 0.1) is 11.7 Å². The normalized spacial score (nSPS) is 22.3. The van der Waals surface area contributed by atoms with Gasteiger partial charge in [0.2, 0.25) is 5.91 Å². The van der Waals surface area contributed by atoms with Gasteiger partial charge in [0, 0.05) is 11.3 Å². The van der Waals surface area contributed by atoms with Crippen LogP contribution in [0.3, 0.4) is 0 Å². The number of nitrogens with zero attached hydrogens (tertiary/aromatic N) is 2. The number of aliphatic hydroxyl groups is 1. The van der Waals surface area contributed by atoms with Crippen LogP contribution in [0.25, 0.3) is 0 Å². The van der Waals surface area contributed by atoms with Crippen LogP contribution in [0.4, 0.5) is 14.9 Å². The van der Waals surface area contributed by atoms with Crippen molar-refractivity contribution in [2.45, 2.75) is 39.0 Å². The van der Waals surface area contributed by atoms with E-state index in [0.29, 0.717) is 17.7 Å². The van der Waals surface area contributed by atoms with Gasteiger partial charge in [-0.25, -0.2) is 9.18 Å². The molecule has 0 unspecified atom stereocenters. The first kappa shape index (κ1) is 16.7. The fraction of sp³-hybridized carbons (Fsp3) is 0.529. The van der Waals surface area contributed by atoms with Crippen LogP contribution in [-0.2, 0) is 11.3 Å². The van der Waals surface area contributed by atoms with Crippen molar-refractivity contribution in [2.75, 3.05) is 18.4 Å². The summed E-state index contributed by atoms with van der Waals surface area (Å²) in [5.41, 5.74) is 0.721. The molecule has 24 heavy (non-hydrogen) atoms. The summed E-state index contributed by atoms with van der Waals surface area (Å²) in [6.45, 7) is 4.37. The average Bonchev–Trinajstić information content (AvgIpc) is 2.67. The molecule has 2 N–H and O–H groups in total. The molecule has 130 valence electrons. The minimum Gasteiger partial charge on any atom is -0.389 e. The number of carbonyl (C=O) groups excluding carboxylic acids is 2. The first-order valence-corrected chi connectivity index (χ1v) is 8.24. The number of benzene rings is 1. The van der Waals surface area contributed by atoms with Gasteiger partial charge in [-0.05, 0) is 18.1 Å². The highest BCUT2D eigenvalue weighted by atomic mass is 19.1. The Morgan fingerprint density at radius 2 is 2.17 bits per heavy atom. The zero-order chi connectivity index (χ0) is 17.4. The summed E-state index contributed by atoms with van der Waals surface area (Å²) in [4.78, 5) is 28.4. The molecule has 0 bridgehead atoms. The van der Waals surface area contributed by atoms with Crippen LogP contribution in [0.5, 0.6) is 0 Å². The summed E-state index contributed by atoms with van der Waals surface area (Å²) >= 11 is 0. The molecule has 1 aromatic carbocycles. The highest BCUT2D eigenvalue weighted by Gasteiger charge is 2.41. The van der Waals surface area contributed by atoms with Gasteiger partial charge in [-0.3, -0.25) is 4.79 Å². The molecule has 0 aliphatic carbocycles. The van der Waals surface area contributed by atoms with Gasteiger partial charge in [0.15, 0.2) is 0 Å². The van der Waals surface area contributed by atoms with Crippen LogP contribution in [0.1, 0.15) is 25.8 Å². The van der Waals surface area contributed by atoms with Gasteiger partial charge in [0.25, 0.3) is 0 Å². The van der Waals surface area contributed by atoms with Gasteiger partial charge in [-0.2, -0.15) is 0 Å². The van der Waals surface area contributed by atoms with Crippen LogP contribution in [0.2, 0.25) is 0 Å². The van der Waals surface area contributed by atoms with E-state index in [1.807, 2.05) is 13.8 Å². The number of anilines is 1. The molecule has 2 aliphatic rings. The van der Waals surface area contributed by atoms with Crippen molar-refractivity contribution in [3.63, 3.8) is 0 Å². The Morgan fingerprint density at radius 1 is 1.46 bits per heavy atom. The molecule has 0 aromatic heterocycles. The first-order valence-electron chi connectivity index (χ1n) is 8.24. The predicted molar refractivity (Wildman–Crippen MR) is 86.8 cm³/mol. The van der Waals surface area contributed by atoms with Crippen molar-refractivity contribution in [2.24, 2.45) is 5.92 Å². The Labute approximate surface area is 140 Å². The van der Waals surface area contributed by atoms with Crippen LogP contribution in [0.15, 0.2) is 18.2 Å². The molecule has 1 aromatic rings. The smallest absolute Gasteiger partial charge is 0.321 e. The maximum absolute atomic E-state index is 14.2. The maximum Gasteiger partial charge on any atom is 0.321 e. The van der Waals surface area contributed by atoms with Crippen molar-refractivity contribution < 1.29 is 19.1 Å². The van der Waals surface area contributed by atoms with E-state index in [2.05, 4.69) is 5.32 Å². The molecule has 3 amide bonds. The van der Waals surface area contributed by atoms with Crippen molar-refractivity contribution >= 4 is 17.6 Å². The lowest BCUT2D eigenvalue weighted by atomic mass is 9.96. The highest BCUT2D eigenvalue weighted by molar-refractivity contribution is 5.99. The third kappa shape index (κ3) is 2.84. The number of hydrogen-bond acceptors (Lipinski definition) is 3. The Balaban J connectivity index is 1.98. The van der Waals surface area contributed by atoms with E-state index in [0.717, 1.165) is 0 Å². The number of β-amino-alcohol motifs (C(OH)–C–C–N with tert-alkyl or cyclic N) is 1. The Bertz CT molecular complexity index is 660. The number of amides is 3. The predicted octanol–water partition coefficient (Wildman–Crippen LogP) is 1.79. The molecule has 7 heteroatoms. The fourth-order valence-corrected chi connectivity index (χ4v) is 3.22. The molecule has 1 saturated heterocycles. The lowest BCUT2D eigenvalue weighted by molar-refractivity contribution is -0.122. The number of carbonyl (C=O) groups is 2. The molecule has 3 rings (SSSR count). The van der Waals surface area contributed by atoms with E-state index in [1.165, 1.54) is 21.9 Å². The molecular formula is C17H22FN3O3. The second-order valence-electron chi connectivity index (χ2n) is 6.55. The van der Waals surface area contributed by atoms with Gasteiger partial charge in [0.05, 0.1) is 25.7 Å². The lowest BCUT2D eigenvalue weighted by Gasteiger charge is -2.42. The maximum atomic E-state index is 14.2. The number of fused-ring (bicyclic) bond motifs is 1. The van der Waals surface area contributed by atoms with Crippen LogP contribution in [-0.4, -0.2) is 52.1 Å². The van der Waals surface area contributed by atoms with E-state index in [1.54, 1.807) is 6.07 Å². The molecule has 2 aliphatic heterocycles. The van der Waals surface area contributed by atoms with E-state index in [9.17, 15) is 19.1 Å². The topological polar surface area (TPSA) is 72.9 Å². The second-order valence-corrected chi connectivity index (χ2v) is 6.55. The van der Waals surface area contributed by atoms with Crippen molar-refractivity contribution in [3.05, 3.63) is 29.6 Å². The van der Waals surface area contributed by atoms with E-state index in [-0.39, 0.29) is 37.5 Å². The molecule has 0 radical (unpaired) electrons. The minimum atomic E-state index is -0.674. The summed E-state index contributed by atoms with van der Waals surface area (Å²) in [7, 11) is 0. The first-order chi connectivity index (χ1) is 11.4. The number of halogens is 1. The molecule has 0 spiro atoms. The summed E-state index contributed by atoms with van der Waals surface area (Å²) < 4.78 is 14.2. The molecular weight excluding hydrogens is 313 g/mol. The van der Waals surface area contributed by atoms with Crippen molar-refractivity contribution in [1.82, 2.24) is 9.80 Å². The van der Waals surface area contributed by atoms with Gasteiger partial charge in [0.1, 0.15) is 11.9 Å². The number of likely N-dealkylation sites (tertiary alicyclic amines) is 1. The number of urea groups is 1. The highest BCUT2D eigenvalue weighted by Crippen LogP contribution is 2.30. The van der Waals surface area contributed by atoms with Crippen LogP contribution >= 0.6 is 0 Å². The Morgan fingerprint density at radius 3 is 2.79 bits per heavy atom. The van der Waals surface area contributed by atoms with Gasteiger partial charge in [-0.1, -0.05) is 26.3 Å². The number of rotatable bonds is 2.